The Morgan fingerprint density at radius 1 is 1.15 bits per heavy atom. The van der Waals surface area contributed by atoms with Gasteiger partial charge in [0.05, 0.1) is 13.0 Å². The minimum atomic E-state index is -0.224. The molecule has 5 heteroatoms. The van der Waals surface area contributed by atoms with Crippen LogP contribution in [0.15, 0.2) is 24.3 Å². The summed E-state index contributed by atoms with van der Waals surface area (Å²) >= 11 is 0. The van der Waals surface area contributed by atoms with Crippen LogP contribution in [0.4, 0.5) is 0 Å². The van der Waals surface area contributed by atoms with E-state index in [1.807, 2.05) is 29.2 Å². The zero-order valence-electron chi connectivity index (χ0n) is 16.7. The highest BCUT2D eigenvalue weighted by Gasteiger charge is 2.36. The average Bonchev–Trinajstić information content (AvgIpc) is 2.94. The van der Waals surface area contributed by atoms with Crippen LogP contribution in [0.1, 0.15) is 39.7 Å². The molecule has 2 amide bonds. The summed E-state index contributed by atoms with van der Waals surface area (Å²) in [6.07, 6.45) is 0.321. The van der Waals surface area contributed by atoms with Crippen molar-refractivity contribution in [3.63, 3.8) is 0 Å². The number of likely N-dealkylation sites (tertiary alicyclic amines) is 1. The van der Waals surface area contributed by atoms with Crippen LogP contribution < -0.4 is 4.74 Å². The summed E-state index contributed by atoms with van der Waals surface area (Å²) in [4.78, 5) is 29.1. The lowest BCUT2D eigenvalue weighted by Crippen LogP contribution is -2.41. The van der Waals surface area contributed by atoms with Crippen LogP contribution >= 0.6 is 0 Å². The van der Waals surface area contributed by atoms with Gasteiger partial charge in [0.2, 0.25) is 11.8 Å². The van der Waals surface area contributed by atoms with E-state index in [1.54, 1.807) is 12.0 Å². The number of nitrogens with zero attached hydrogens (tertiary/aromatic N) is 2. The molecule has 0 radical (unpaired) electrons. The molecule has 1 saturated heterocycles. The van der Waals surface area contributed by atoms with E-state index in [1.165, 1.54) is 0 Å². The first-order valence-electron chi connectivity index (χ1n) is 9.49. The van der Waals surface area contributed by atoms with Crippen molar-refractivity contribution in [3.05, 3.63) is 29.8 Å². The molecule has 2 rings (SSSR count). The quantitative estimate of drug-likeness (QED) is 0.715. The second-order valence-electron chi connectivity index (χ2n) is 8.05. The minimum absolute atomic E-state index is 0.0632. The summed E-state index contributed by atoms with van der Waals surface area (Å²) in [5.74, 6) is 1.60. The maximum atomic E-state index is 13.0. The van der Waals surface area contributed by atoms with Gasteiger partial charge in [-0.15, -0.1) is 0 Å². The van der Waals surface area contributed by atoms with E-state index >= 15 is 0 Å². The van der Waals surface area contributed by atoms with Crippen molar-refractivity contribution in [2.24, 2.45) is 17.8 Å². The molecular weight excluding hydrogens is 328 g/mol. The largest absolute Gasteiger partial charge is 0.497 e. The van der Waals surface area contributed by atoms with Gasteiger partial charge in [0.15, 0.2) is 0 Å². The average molecular weight is 360 g/mol. The molecule has 1 aromatic carbocycles. The number of hydrogen-bond donors (Lipinski definition) is 0. The monoisotopic (exact) mass is 360 g/mol. The van der Waals surface area contributed by atoms with Crippen molar-refractivity contribution in [1.82, 2.24) is 9.80 Å². The van der Waals surface area contributed by atoms with Crippen LogP contribution in [0.2, 0.25) is 0 Å². The van der Waals surface area contributed by atoms with E-state index in [0.29, 0.717) is 31.3 Å². The molecule has 0 aliphatic carbocycles. The molecule has 1 fully saturated rings. The minimum Gasteiger partial charge on any atom is -0.497 e. The molecule has 1 aliphatic rings. The summed E-state index contributed by atoms with van der Waals surface area (Å²) in [7, 11) is 1.63. The SMILES string of the molecule is COc1ccc(CN2CC(C(=O)N(CC(C)C)CC(C)C)CC2=O)cc1. The highest BCUT2D eigenvalue weighted by Crippen LogP contribution is 2.24. The molecule has 0 spiro atoms. The Balaban J connectivity index is 2.00. The van der Waals surface area contributed by atoms with Crippen molar-refractivity contribution in [3.8, 4) is 5.75 Å². The molecule has 0 bridgehead atoms. The zero-order valence-corrected chi connectivity index (χ0v) is 16.7. The maximum absolute atomic E-state index is 13.0. The van der Waals surface area contributed by atoms with Gasteiger partial charge in [-0.05, 0) is 29.5 Å². The molecule has 144 valence electrons. The van der Waals surface area contributed by atoms with E-state index in [4.69, 9.17) is 4.74 Å². The van der Waals surface area contributed by atoms with Crippen molar-refractivity contribution in [2.45, 2.75) is 40.7 Å². The number of ether oxygens (including phenoxy) is 1. The Kier molecular flexibility index (Phi) is 7.06. The van der Waals surface area contributed by atoms with E-state index < -0.39 is 0 Å². The summed E-state index contributed by atoms with van der Waals surface area (Å²) in [6, 6.07) is 7.72. The molecule has 1 aromatic rings. The first-order chi connectivity index (χ1) is 12.3. The van der Waals surface area contributed by atoms with Crippen LogP contribution in [0.25, 0.3) is 0 Å². The smallest absolute Gasteiger partial charge is 0.228 e. The highest BCUT2D eigenvalue weighted by atomic mass is 16.5. The summed E-state index contributed by atoms with van der Waals surface area (Å²) in [6.45, 7) is 11.0. The molecule has 5 nitrogen and oxygen atoms in total. The number of carbonyl (C=O) groups is 2. The van der Waals surface area contributed by atoms with E-state index in [9.17, 15) is 9.59 Å². The molecule has 0 aromatic heterocycles. The Bertz CT molecular complexity index is 600. The number of amides is 2. The van der Waals surface area contributed by atoms with E-state index in [2.05, 4.69) is 27.7 Å². The normalized spacial score (nSPS) is 17.3. The lowest BCUT2D eigenvalue weighted by Gasteiger charge is -2.28. The predicted octanol–water partition coefficient (Wildman–Crippen LogP) is 3.18. The maximum Gasteiger partial charge on any atom is 0.228 e. The van der Waals surface area contributed by atoms with Crippen molar-refractivity contribution in [1.29, 1.82) is 0 Å². The number of hydrogen-bond acceptors (Lipinski definition) is 3. The van der Waals surface area contributed by atoms with E-state index in [0.717, 1.165) is 24.4 Å². The Labute approximate surface area is 157 Å². The van der Waals surface area contributed by atoms with Gasteiger partial charge in [-0.2, -0.15) is 0 Å². The number of rotatable bonds is 8. The van der Waals surface area contributed by atoms with Crippen molar-refractivity contribution >= 4 is 11.8 Å². The topological polar surface area (TPSA) is 49.9 Å². The molecule has 0 saturated carbocycles. The second kappa shape index (κ2) is 9.06. The van der Waals surface area contributed by atoms with Gasteiger partial charge in [0.1, 0.15) is 5.75 Å². The first kappa shape index (κ1) is 20.3. The highest BCUT2D eigenvalue weighted by molar-refractivity contribution is 5.89. The van der Waals surface area contributed by atoms with Gasteiger partial charge in [-0.25, -0.2) is 0 Å². The molecule has 1 aliphatic heterocycles. The van der Waals surface area contributed by atoms with Gasteiger partial charge in [0, 0.05) is 32.6 Å². The van der Waals surface area contributed by atoms with Crippen LogP contribution in [-0.2, 0) is 16.1 Å². The molecule has 26 heavy (non-hydrogen) atoms. The fourth-order valence-electron chi connectivity index (χ4n) is 3.44. The third-order valence-corrected chi connectivity index (χ3v) is 4.58. The summed E-state index contributed by atoms with van der Waals surface area (Å²) in [5, 5.41) is 0. The number of carbonyl (C=O) groups excluding carboxylic acids is 2. The van der Waals surface area contributed by atoms with Gasteiger partial charge in [-0.1, -0.05) is 39.8 Å². The van der Waals surface area contributed by atoms with Crippen LogP contribution in [0.5, 0.6) is 5.75 Å². The molecule has 1 atom stereocenters. The predicted molar refractivity (Wildman–Crippen MR) is 103 cm³/mol. The van der Waals surface area contributed by atoms with Crippen molar-refractivity contribution < 1.29 is 14.3 Å². The standard InChI is InChI=1S/C21H32N2O3/c1-15(2)11-23(12-16(3)4)21(25)18-10-20(24)22(14-18)13-17-6-8-19(26-5)9-7-17/h6-9,15-16,18H,10-14H2,1-5H3. The van der Waals surface area contributed by atoms with Gasteiger partial charge in [-0.3, -0.25) is 9.59 Å². The summed E-state index contributed by atoms with van der Waals surface area (Å²) < 4.78 is 5.17. The molecule has 1 heterocycles. The summed E-state index contributed by atoms with van der Waals surface area (Å²) in [5.41, 5.74) is 1.05. The Morgan fingerprint density at radius 2 is 1.73 bits per heavy atom. The fourth-order valence-corrected chi connectivity index (χ4v) is 3.44. The second-order valence-corrected chi connectivity index (χ2v) is 8.05. The lowest BCUT2D eigenvalue weighted by atomic mass is 10.0. The number of benzene rings is 1. The number of methoxy groups -OCH3 is 1. The van der Waals surface area contributed by atoms with Crippen LogP contribution in [-0.4, -0.2) is 48.4 Å². The zero-order chi connectivity index (χ0) is 19.3. The Morgan fingerprint density at radius 3 is 2.23 bits per heavy atom. The Hall–Kier alpha value is -2.04. The van der Waals surface area contributed by atoms with Gasteiger partial charge >= 0.3 is 0 Å². The third kappa shape index (κ3) is 5.48. The van der Waals surface area contributed by atoms with Crippen molar-refractivity contribution in [2.75, 3.05) is 26.7 Å². The molecule has 1 unspecified atom stereocenters. The first-order valence-corrected chi connectivity index (χ1v) is 9.49. The fraction of sp³-hybridized carbons (Fsp3) is 0.619. The molecular formula is C21H32N2O3. The third-order valence-electron chi connectivity index (χ3n) is 4.58. The van der Waals surface area contributed by atoms with E-state index in [-0.39, 0.29) is 17.7 Å². The lowest BCUT2D eigenvalue weighted by molar-refractivity contribution is -0.136. The molecule has 0 N–H and O–H groups in total. The van der Waals surface area contributed by atoms with Gasteiger partial charge < -0.3 is 14.5 Å². The van der Waals surface area contributed by atoms with Crippen LogP contribution in [0, 0.1) is 17.8 Å². The van der Waals surface area contributed by atoms with Crippen LogP contribution in [0.3, 0.4) is 0 Å². The van der Waals surface area contributed by atoms with Gasteiger partial charge in [0.25, 0.3) is 0 Å².